The van der Waals surface area contributed by atoms with E-state index in [-0.39, 0.29) is 0 Å². The van der Waals surface area contributed by atoms with Gasteiger partial charge in [0.25, 0.3) is 0 Å². The van der Waals surface area contributed by atoms with Crippen molar-refractivity contribution in [2.45, 2.75) is 45.1 Å². The summed E-state index contributed by atoms with van der Waals surface area (Å²) in [5, 5.41) is 4.18. The van der Waals surface area contributed by atoms with Gasteiger partial charge in [0.15, 0.2) is 11.6 Å². The maximum absolute atomic E-state index is 5.41. The van der Waals surface area contributed by atoms with E-state index in [0.29, 0.717) is 11.7 Å². The SMILES string of the molecule is CCc1cc(N2CCCN(Cc3noc(C4CC4)n3)CC2)nc(-c2ccccn2)n1. The Kier molecular flexibility index (Phi) is 5.40. The first-order valence-corrected chi connectivity index (χ1v) is 10.9. The van der Waals surface area contributed by atoms with Crippen LogP contribution < -0.4 is 4.90 Å². The Balaban J connectivity index is 1.29. The Morgan fingerprint density at radius 1 is 1.07 bits per heavy atom. The van der Waals surface area contributed by atoms with E-state index in [4.69, 9.17) is 14.5 Å². The average molecular weight is 406 g/mol. The highest BCUT2D eigenvalue weighted by atomic mass is 16.5. The van der Waals surface area contributed by atoms with Crippen LogP contribution in [-0.2, 0) is 13.0 Å². The molecule has 2 fully saturated rings. The maximum atomic E-state index is 5.41. The molecule has 3 aromatic heterocycles. The van der Waals surface area contributed by atoms with Gasteiger partial charge in [-0.1, -0.05) is 18.1 Å². The van der Waals surface area contributed by atoms with E-state index >= 15 is 0 Å². The summed E-state index contributed by atoms with van der Waals surface area (Å²) in [5.74, 6) is 3.81. The van der Waals surface area contributed by atoms with Crippen LogP contribution in [-0.4, -0.2) is 56.2 Å². The standard InChI is InChI=1S/C22H27N7O/c1-2-17-14-20(26-21(24-17)18-6-3-4-9-23-18)29-11-5-10-28(12-13-29)15-19-25-22(30-27-19)16-7-8-16/h3-4,6,9,14,16H,2,5,7-8,10-13,15H2,1H3. The summed E-state index contributed by atoms with van der Waals surface area (Å²) in [5.41, 5.74) is 1.86. The Morgan fingerprint density at radius 3 is 2.80 bits per heavy atom. The van der Waals surface area contributed by atoms with Crippen molar-refractivity contribution in [3.05, 3.63) is 47.9 Å². The van der Waals surface area contributed by atoms with E-state index in [1.807, 2.05) is 18.2 Å². The van der Waals surface area contributed by atoms with E-state index < -0.39 is 0 Å². The lowest BCUT2D eigenvalue weighted by molar-refractivity contribution is 0.271. The van der Waals surface area contributed by atoms with Crippen molar-refractivity contribution < 1.29 is 4.52 Å². The van der Waals surface area contributed by atoms with Crippen LogP contribution in [0.5, 0.6) is 0 Å². The van der Waals surface area contributed by atoms with Crippen LogP contribution in [0.15, 0.2) is 35.0 Å². The maximum Gasteiger partial charge on any atom is 0.229 e. The van der Waals surface area contributed by atoms with Crippen molar-refractivity contribution in [1.29, 1.82) is 0 Å². The van der Waals surface area contributed by atoms with Gasteiger partial charge in [0.2, 0.25) is 5.89 Å². The molecule has 156 valence electrons. The van der Waals surface area contributed by atoms with E-state index in [1.54, 1.807) is 6.20 Å². The summed E-state index contributed by atoms with van der Waals surface area (Å²) in [6.07, 6.45) is 6.08. The Bertz CT molecular complexity index is 986. The topological polar surface area (TPSA) is 84.1 Å². The molecule has 0 N–H and O–H groups in total. The van der Waals surface area contributed by atoms with Gasteiger partial charge >= 0.3 is 0 Å². The van der Waals surface area contributed by atoms with Crippen LogP contribution in [0.2, 0.25) is 0 Å². The van der Waals surface area contributed by atoms with Crippen molar-refractivity contribution in [3.63, 3.8) is 0 Å². The fourth-order valence-electron chi connectivity index (χ4n) is 3.82. The third kappa shape index (κ3) is 4.33. The highest BCUT2D eigenvalue weighted by Crippen LogP contribution is 2.38. The van der Waals surface area contributed by atoms with Crippen LogP contribution in [0.3, 0.4) is 0 Å². The minimum absolute atomic E-state index is 0.504. The number of aromatic nitrogens is 5. The number of hydrogen-bond acceptors (Lipinski definition) is 8. The molecular weight excluding hydrogens is 378 g/mol. The number of rotatable bonds is 6. The van der Waals surface area contributed by atoms with Gasteiger partial charge < -0.3 is 9.42 Å². The molecule has 30 heavy (non-hydrogen) atoms. The van der Waals surface area contributed by atoms with E-state index in [9.17, 15) is 0 Å². The van der Waals surface area contributed by atoms with Gasteiger partial charge in [-0.3, -0.25) is 9.88 Å². The second-order valence-electron chi connectivity index (χ2n) is 8.05. The van der Waals surface area contributed by atoms with Crippen molar-refractivity contribution in [2.75, 3.05) is 31.1 Å². The van der Waals surface area contributed by atoms with Gasteiger partial charge in [-0.15, -0.1) is 0 Å². The highest BCUT2D eigenvalue weighted by Gasteiger charge is 2.30. The Morgan fingerprint density at radius 2 is 2.00 bits per heavy atom. The van der Waals surface area contributed by atoms with Gasteiger partial charge in [0, 0.05) is 50.1 Å². The van der Waals surface area contributed by atoms with Crippen LogP contribution in [0, 0.1) is 0 Å². The normalized spacial score (nSPS) is 17.8. The molecule has 0 bridgehead atoms. The fraction of sp³-hybridized carbons (Fsp3) is 0.500. The number of anilines is 1. The summed E-state index contributed by atoms with van der Waals surface area (Å²) in [6, 6.07) is 7.96. The molecule has 0 aromatic carbocycles. The molecule has 4 heterocycles. The quantitative estimate of drug-likeness (QED) is 0.619. The first-order valence-electron chi connectivity index (χ1n) is 10.9. The minimum Gasteiger partial charge on any atom is -0.355 e. The molecule has 3 aromatic rings. The van der Waals surface area contributed by atoms with Gasteiger partial charge in [-0.25, -0.2) is 9.97 Å². The zero-order valence-electron chi connectivity index (χ0n) is 17.4. The van der Waals surface area contributed by atoms with Gasteiger partial charge in [0.05, 0.1) is 6.54 Å². The number of nitrogens with zero attached hydrogens (tertiary/aromatic N) is 7. The predicted octanol–water partition coefficient (Wildman–Crippen LogP) is 3.07. The van der Waals surface area contributed by atoms with Crippen LogP contribution in [0.1, 0.15) is 49.5 Å². The fourth-order valence-corrected chi connectivity index (χ4v) is 3.82. The van der Waals surface area contributed by atoms with Crippen LogP contribution in [0.4, 0.5) is 5.82 Å². The molecule has 0 unspecified atom stereocenters. The van der Waals surface area contributed by atoms with E-state index in [2.05, 4.69) is 37.9 Å². The molecule has 8 heteroatoms. The first kappa shape index (κ1) is 19.1. The molecule has 0 radical (unpaired) electrons. The van der Waals surface area contributed by atoms with Gasteiger partial charge in [-0.05, 0) is 37.8 Å². The van der Waals surface area contributed by atoms with E-state index in [1.165, 1.54) is 12.8 Å². The third-order valence-corrected chi connectivity index (χ3v) is 5.71. The number of pyridine rings is 1. The van der Waals surface area contributed by atoms with Crippen molar-refractivity contribution in [2.24, 2.45) is 0 Å². The number of aryl methyl sites for hydroxylation is 1. The average Bonchev–Trinajstić information content (AvgIpc) is 3.58. The van der Waals surface area contributed by atoms with E-state index in [0.717, 1.165) is 74.5 Å². The molecule has 8 nitrogen and oxygen atoms in total. The molecular formula is C22H27N7O. The summed E-state index contributed by atoms with van der Waals surface area (Å²) < 4.78 is 5.41. The van der Waals surface area contributed by atoms with Crippen molar-refractivity contribution in [1.82, 2.24) is 30.0 Å². The smallest absolute Gasteiger partial charge is 0.229 e. The monoisotopic (exact) mass is 405 g/mol. The molecule has 5 rings (SSSR count). The lowest BCUT2D eigenvalue weighted by atomic mass is 10.2. The highest BCUT2D eigenvalue weighted by molar-refractivity contribution is 5.53. The molecule has 0 atom stereocenters. The molecule has 0 amide bonds. The lowest BCUT2D eigenvalue weighted by Crippen LogP contribution is -2.31. The Hall–Kier alpha value is -2.87. The summed E-state index contributed by atoms with van der Waals surface area (Å²) >= 11 is 0. The molecule has 0 spiro atoms. The molecule has 1 aliphatic heterocycles. The zero-order valence-corrected chi connectivity index (χ0v) is 17.4. The van der Waals surface area contributed by atoms with Crippen molar-refractivity contribution in [3.8, 4) is 11.5 Å². The molecule has 2 aliphatic rings. The summed E-state index contributed by atoms with van der Waals surface area (Å²) in [6.45, 7) is 6.71. The third-order valence-electron chi connectivity index (χ3n) is 5.71. The second kappa shape index (κ2) is 8.47. The molecule has 1 saturated carbocycles. The summed E-state index contributed by atoms with van der Waals surface area (Å²) in [7, 11) is 0. The van der Waals surface area contributed by atoms with Gasteiger partial charge in [-0.2, -0.15) is 4.98 Å². The van der Waals surface area contributed by atoms with Crippen LogP contribution in [0.25, 0.3) is 11.5 Å². The Labute approximate surface area is 176 Å². The molecule has 1 aliphatic carbocycles. The molecule has 1 saturated heterocycles. The first-order chi connectivity index (χ1) is 14.8. The largest absolute Gasteiger partial charge is 0.355 e. The summed E-state index contributed by atoms with van der Waals surface area (Å²) in [4.78, 5) is 23.3. The predicted molar refractivity (Wildman–Crippen MR) is 113 cm³/mol. The van der Waals surface area contributed by atoms with Crippen molar-refractivity contribution >= 4 is 5.82 Å². The minimum atomic E-state index is 0.504. The lowest BCUT2D eigenvalue weighted by Gasteiger charge is -2.23. The van der Waals surface area contributed by atoms with Gasteiger partial charge in [0.1, 0.15) is 11.5 Å². The number of hydrogen-bond donors (Lipinski definition) is 0. The van der Waals surface area contributed by atoms with Crippen LogP contribution >= 0.6 is 0 Å². The zero-order chi connectivity index (χ0) is 20.3. The second-order valence-corrected chi connectivity index (χ2v) is 8.05.